The van der Waals surface area contributed by atoms with E-state index < -0.39 is 60.7 Å². The summed E-state index contributed by atoms with van der Waals surface area (Å²) in [6.07, 6.45) is 11.0. The summed E-state index contributed by atoms with van der Waals surface area (Å²) >= 11 is 0. The molecule has 0 saturated heterocycles. The summed E-state index contributed by atoms with van der Waals surface area (Å²) in [5, 5.41) is 0. The minimum absolute atomic E-state index is 0.0245. The van der Waals surface area contributed by atoms with Crippen LogP contribution in [0.2, 0.25) is 0 Å². The fourth-order valence-corrected chi connectivity index (χ4v) is 6.80. The fraction of sp³-hybridized carbons (Fsp3) is 0.481. The van der Waals surface area contributed by atoms with Crippen LogP contribution in [0.15, 0.2) is 91.0 Å². The summed E-state index contributed by atoms with van der Waals surface area (Å²) in [6, 6.07) is 23.0. The van der Waals surface area contributed by atoms with Crippen LogP contribution in [0.1, 0.15) is 101 Å². The predicted octanol–water partition coefficient (Wildman–Crippen LogP) is 8.88. The Bertz CT molecular complexity index is 2050. The summed E-state index contributed by atoms with van der Waals surface area (Å²) in [5.41, 5.74) is 5.17. The van der Waals surface area contributed by atoms with Gasteiger partial charge >= 0.3 is 23.9 Å². The molecular weight excluding hydrogens is 857 g/mol. The molecule has 0 amide bonds. The van der Waals surface area contributed by atoms with Gasteiger partial charge in [0.2, 0.25) is 11.6 Å². The Morgan fingerprint density at radius 3 is 1.48 bits per heavy atom. The summed E-state index contributed by atoms with van der Waals surface area (Å²) in [4.78, 5) is 75.5. The lowest BCUT2D eigenvalue weighted by Crippen LogP contribution is -2.45. The summed E-state index contributed by atoms with van der Waals surface area (Å²) in [6.45, 7) is 10.4. The van der Waals surface area contributed by atoms with Crippen LogP contribution < -0.4 is 4.74 Å². The number of rotatable bonds is 34. The summed E-state index contributed by atoms with van der Waals surface area (Å²) < 4.78 is 38.0. The zero-order valence-corrected chi connectivity index (χ0v) is 40.2. The Morgan fingerprint density at radius 2 is 0.955 bits per heavy atom. The molecule has 13 nitrogen and oxygen atoms in total. The second-order valence-corrected chi connectivity index (χ2v) is 17.0. The highest BCUT2D eigenvalue weighted by Gasteiger charge is 2.39. The first-order valence-electron chi connectivity index (χ1n) is 23.2. The van der Waals surface area contributed by atoms with E-state index in [1.165, 1.54) is 76.4 Å². The standard InChI is InChI=1S/C54H70O13/c1-8-9-10-11-12-13-15-41-17-19-42(20-18-41)21-22-43-23-25-44(26-24-43)45-27-28-49(46(34-45)16-14-31-63-50(57)39(2)3)64-35-54(36-65-51(58)40(4)5,37-66-52(59)47(55)29-32-61-6)38-67-53(60)48(56)30-33-62-7/h17-20,23-28,34H,2,4,8-16,21-22,29-33,35-38H2,1,3,5-7H3. The smallest absolute Gasteiger partial charge is 0.374 e. The Morgan fingerprint density at radius 1 is 0.493 bits per heavy atom. The van der Waals surface area contributed by atoms with Crippen LogP contribution in [-0.2, 0) is 82.9 Å². The minimum atomic E-state index is -1.63. The molecule has 0 heterocycles. The molecule has 3 rings (SSSR count). The molecule has 0 aliphatic heterocycles. The molecule has 0 fully saturated rings. The normalized spacial score (nSPS) is 11.1. The van der Waals surface area contributed by atoms with E-state index in [9.17, 15) is 28.8 Å². The van der Waals surface area contributed by atoms with E-state index in [1.807, 2.05) is 12.1 Å². The highest BCUT2D eigenvalue weighted by molar-refractivity contribution is 6.34. The lowest BCUT2D eigenvalue weighted by Gasteiger charge is -2.32. The monoisotopic (exact) mass is 926 g/mol. The minimum Gasteiger partial charge on any atom is -0.492 e. The number of ether oxygens (including phenoxy) is 7. The molecule has 0 radical (unpaired) electrons. The van der Waals surface area contributed by atoms with E-state index in [2.05, 4.69) is 68.6 Å². The molecule has 3 aromatic carbocycles. The van der Waals surface area contributed by atoms with Crippen molar-refractivity contribution < 1.29 is 61.9 Å². The van der Waals surface area contributed by atoms with Crippen molar-refractivity contribution in [2.75, 3.05) is 60.5 Å². The number of hydrogen-bond donors (Lipinski definition) is 0. The van der Waals surface area contributed by atoms with E-state index in [0.717, 1.165) is 36.0 Å². The average Bonchev–Trinajstić information content (AvgIpc) is 3.33. The quantitative estimate of drug-likeness (QED) is 0.0183. The molecule has 13 heteroatoms. The molecule has 0 N–H and O–H groups in total. The number of benzene rings is 3. The Labute approximate surface area is 396 Å². The van der Waals surface area contributed by atoms with Gasteiger partial charge in [-0.15, -0.1) is 0 Å². The maximum absolute atomic E-state index is 12.8. The van der Waals surface area contributed by atoms with Gasteiger partial charge in [0.15, 0.2) is 0 Å². The van der Waals surface area contributed by atoms with Crippen molar-refractivity contribution in [1.82, 2.24) is 0 Å². The largest absolute Gasteiger partial charge is 0.492 e. The Kier molecular flexibility index (Phi) is 25.1. The van der Waals surface area contributed by atoms with E-state index in [4.69, 9.17) is 33.2 Å². The topological polar surface area (TPSA) is 167 Å². The molecule has 0 aliphatic rings. The number of ketones is 2. The second-order valence-electron chi connectivity index (χ2n) is 17.0. The van der Waals surface area contributed by atoms with Gasteiger partial charge in [-0.1, -0.05) is 107 Å². The first-order valence-corrected chi connectivity index (χ1v) is 23.2. The summed E-state index contributed by atoms with van der Waals surface area (Å²) in [7, 11) is 2.76. The van der Waals surface area contributed by atoms with Crippen molar-refractivity contribution >= 4 is 35.4 Å². The lowest BCUT2D eigenvalue weighted by molar-refractivity contribution is -0.169. The van der Waals surface area contributed by atoms with Crippen LogP contribution >= 0.6 is 0 Å². The first-order chi connectivity index (χ1) is 32.2. The van der Waals surface area contributed by atoms with Crippen LogP contribution in [0.25, 0.3) is 11.1 Å². The zero-order chi connectivity index (χ0) is 49.0. The van der Waals surface area contributed by atoms with Gasteiger partial charge < -0.3 is 33.2 Å². The highest BCUT2D eigenvalue weighted by atomic mass is 16.6. The number of methoxy groups -OCH3 is 2. The fourth-order valence-electron chi connectivity index (χ4n) is 6.80. The molecule has 0 bridgehead atoms. The van der Waals surface area contributed by atoms with Crippen LogP contribution in [-0.4, -0.2) is 95.9 Å². The van der Waals surface area contributed by atoms with Gasteiger partial charge in [-0.25, -0.2) is 19.2 Å². The van der Waals surface area contributed by atoms with Crippen molar-refractivity contribution in [2.45, 2.75) is 104 Å². The second kappa shape index (κ2) is 30.4. The number of carbonyl (C=O) groups is 6. The molecule has 0 aromatic heterocycles. The molecule has 67 heavy (non-hydrogen) atoms. The number of carbonyl (C=O) groups excluding carboxylic acids is 6. The Balaban J connectivity index is 1.88. The van der Waals surface area contributed by atoms with Crippen LogP contribution in [0, 0.1) is 5.41 Å². The number of unbranched alkanes of at least 4 members (excludes halogenated alkanes) is 5. The third-order valence-corrected chi connectivity index (χ3v) is 11.0. The molecular formula is C54H70O13. The molecule has 0 aliphatic carbocycles. The molecule has 0 saturated carbocycles. The Hall–Kier alpha value is -5.92. The SMILES string of the molecule is C=C(C)C(=O)OCCCc1cc(-c2ccc(CCc3ccc(CCCCCCCC)cc3)cc2)ccc1OCC(COC(=O)C(=C)C)(COC(=O)C(=O)CCOC)COC(=O)C(=O)CCOC. The van der Waals surface area contributed by atoms with Gasteiger partial charge in [0, 0.05) is 38.2 Å². The van der Waals surface area contributed by atoms with Crippen molar-refractivity contribution in [2.24, 2.45) is 5.41 Å². The van der Waals surface area contributed by atoms with E-state index in [0.29, 0.717) is 18.6 Å². The highest BCUT2D eigenvalue weighted by Crippen LogP contribution is 2.31. The van der Waals surface area contributed by atoms with Gasteiger partial charge in [0.25, 0.3) is 0 Å². The number of hydrogen-bond acceptors (Lipinski definition) is 13. The maximum Gasteiger partial charge on any atom is 0.374 e. The number of aryl methyl sites for hydroxylation is 4. The van der Waals surface area contributed by atoms with Gasteiger partial charge in [-0.2, -0.15) is 0 Å². The van der Waals surface area contributed by atoms with Crippen molar-refractivity contribution in [3.63, 3.8) is 0 Å². The van der Waals surface area contributed by atoms with E-state index in [1.54, 1.807) is 13.0 Å². The van der Waals surface area contributed by atoms with E-state index in [-0.39, 0.29) is 50.4 Å². The lowest BCUT2D eigenvalue weighted by atomic mass is 9.91. The number of Topliss-reactive ketones (excluding diaryl/α,β-unsaturated/α-hetero) is 2. The van der Waals surface area contributed by atoms with Crippen LogP contribution in [0.5, 0.6) is 5.75 Å². The molecule has 0 atom stereocenters. The maximum atomic E-state index is 12.8. The van der Waals surface area contributed by atoms with Crippen molar-refractivity contribution in [3.8, 4) is 16.9 Å². The van der Waals surface area contributed by atoms with Gasteiger partial charge in [-0.3, -0.25) is 9.59 Å². The van der Waals surface area contributed by atoms with Crippen LogP contribution in [0.3, 0.4) is 0 Å². The van der Waals surface area contributed by atoms with Gasteiger partial charge in [0.1, 0.15) is 37.6 Å². The molecule has 0 spiro atoms. The van der Waals surface area contributed by atoms with Crippen LogP contribution in [0.4, 0.5) is 0 Å². The number of esters is 4. The van der Waals surface area contributed by atoms with E-state index >= 15 is 0 Å². The third-order valence-electron chi connectivity index (χ3n) is 11.0. The predicted molar refractivity (Wildman–Crippen MR) is 256 cm³/mol. The zero-order valence-electron chi connectivity index (χ0n) is 40.2. The summed E-state index contributed by atoms with van der Waals surface area (Å²) in [5.74, 6) is -5.04. The molecule has 0 unspecified atom stereocenters. The van der Waals surface area contributed by atoms with Crippen molar-refractivity contribution in [1.29, 1.82) is 0 Å². The van der Waals surface area contributed by atoms with Gasteiger partial charge in [0.05, 0.1) is 19.8 Å². The van der Waals surface area contributed by atoms with Gasteiger partial charge in [-0.05, 0) is 97.9 Å². The third kappa shape index (κ3) is 20.6. The molecule has 3 aromatic rings. The first kappa shape index (κ1) is 55.4. The van der Waals surface area contributed by atoms with Crippen molar-refractivity contribution in [3.05, 3.63) is 113 Å². The average molecular weight is 927 g/mol. The molecule has 364 valence electrons.